The van der Waals surface area contributed by atoms with Crippen LogP contribution in [0.15, 0.2) is 59.7 Å². The molecule has 2 rings (SSSR count). The fourth-order valence-electron chi connectivity index (χ4n) is 1.61. The molecule has 0 spiro atoms. The fourth-order valence-corrected chi connectivity index (χ4v) is 1.61. The van der Waals surface area contributed by atoms with Crippen molar-refractivity contribution in [1.29, 1.82) is 0 Å². The molecule has 20 heavy (non-hydrogen) atoms. The lowest BCUT2D eigenvalue weighted by atomic mass is 10.2. The second kappa shape index (κ2) is 7.09. The number of carbonyl (C=O) groups excluding carboxylic acids is 1. The van der Waals surface area contributed by atoms with Gasteiger partial charge in [0, 0.05) is 5.69 Å². The van der Waals surface area contributed by atoms with Gasteiger partial charge in [-0.05, 0) is 24.6 Å². The first kappa shape index (κ1) is 13.8. The van der Waals surface area contributed by atoms with Crippen molar-refractivity contribution in [3.63, 3.8) is 0 Å². The van der Waals surface area contributed by atoms with Crippen LogP contribution in [0, 0.1) is 6.92 Å². The summed E-state index contributed by atoms with van der Waals surface area (Å²) in [5.41, 5.74) is 5.53. The zero-order valence-electron chi connectivity index (χ0n) is 11.3. The highest BCUT2D eigenvalue weighted by Gasteiger charge is 1.98. The highest BCUT2D eigenvalue weighted by atomic mass is 16.2. The van der Waals surface area contributed by atoms with Gasteiger partial charge in [-0.2, -0.15) is 5.10 Å². The third kappa shape index (κ3) is 4.57. The molecule has 0 heterocycles. The number of nitrogens with one attached hydrogen (secondary N) is 2. The summed E-state index contributed by atoms with van der Waals surface area (Å²) in [7, 11) is 0. The number of carbonyl (C=O) groups is 1. The van der Waals surface area contributed by atoms with Crippen molar-refractivity contribution in [3.8, 4) is 0 Å². The monoisotopic (exact) mass is 267 g/mol. The van der Waals surface area contributed by atoms with Crippen molar-refractivity contribution in [2.24, 2.45) is 5.10 Å². The smallest absolute Gasteiger partial charge is 0.259 e. The highest BCUT2D eigenvalue weighted by molar-refractivity contribution is 5.84. The fraction of sp³-hybridized carbons (Fsp3) is 0.125. The molecule has 0 saturated heterocycles. The zero-order chi connectivity index (χ0) is 14.2. The Hall–Kier alpha value is -2.62. The first-order valence-corrected chi connectivity index (χ1v) is 6.41. The number of amides is 1. The Morgan fingerprint density at radius 2 is 1.80 bits per heavy atom. The molecular weight excluding hydrogens is 250 g/mol. The molecule has 0 aliphatic rings. The molecule has 2 N–H and O–H groups in total. The van der Waals surface area contributed by atoms with Crippen LogP contribution in [0.3, 0.4) is 0 Å². The quantitative estimate of drug-likeness (QED) is 0.646. The lowest BCUT2D eigenvalue weighted by Gasteiger charge is -2.05. The Morgan fingerprint density at radius 3 is 2.50 bits per heavy atom. The summed E-state index contributed by atoms with van der Waals surface area (Å²) in [4.78, 5) is 11.6. The van der Waals surface area contributed by atoms with Crippen LogP contribution in [0.5, 0.6) is 0 Å². The Labute approximate surface area is 118 Å². The summed E-state index contributed by atoms with van der Waals surface area (Å²) in [6.07, 6.45) is 1.61. The molecule has 0 radical (unpaired) electrons. The number of aryl methyl sites for hydroxylation is 1. The van der Waals surface area contributed by atoms with E-state index in [0.717, 1.165) is 11.3 Å². The predicted molar refractivity (Wildman–Crippen MR) is 81.8 cm³/mol. The van der Waals surface area contributed by atoms with E-state index in [4.69, 9.17) is 0 Å². The maximum atomic E-state index is 11.6. The number of rotatable bonds is 5. The van der Waals surface area contributed by atoms with E-state index in [1.165, 1.54) is 5.56 Å². The van der Waals surface area contributed by atoms with Crippen LogP contribution in [0.1, 0.15) is 11.1 Å². The first-order chi connectivity index (χ1) is 9.74. The molecule has 0 saturated carbocycles. The van der Waals surface area contributed by atoms with E-state index < -0.39 is 0 Å². The Bertz CT molecular complexity index is 576. The number of hydrazone groups is 1. The number of nitrogens with zero attached hydrogens (tertiary/aromatic N) is 1. The third-order valence-electron chi connectivity index (χ3n) is 2.71. The van der Waals surface area contributed by atoms with Crippen LogP contribution < -0.4 is 10.7 Å². The first-order valence-electron chi connectivity index (χ1n) is 6.41. The third-order valence-corrected chi connectivity index (χ3v) is 2.71. The average Bonchev–Trinajstić information content (AvgIpc) is 2.48. The van der Waals surface area contributed by atoms with Gasteiger partial charge in [0.05, 0.1) is 12.8 Å². The van der Waals surface area contributed by atoms with Crippen LogP contribution in [0.25, 0.3) is 0 Å². The summed E-state index contributed by atoms with van der Waals surface area (Å²) in [5.74, 6) is -0.183. The molecule has 0 aromatic heterocycles. The van der Waals surface area contributed by atoms with E-state index in [0.29, 0.717) is 0 Å². The van der Waals surface area contributed by atoms with Gasteiger partial charge >= 0.3 is 0 Å². The molecule has 4 nitrogen and oxygen atoms in total. The average molecular weight is 267 g/mol. The minimum Gasteiger partial charge on any atom is -0.376 e. The lowest BCUT2D eigenvalue weighted by Crippen LogP contribution is -2.25. The molecule has 2 aromatic rings. The van der Waals surface area contributed by atoms with Crippen molar-refractivity contribution in [2.45, 2.75) is 6.92 Å². The van der Waals surface area contributed by atoms with Gasteiger partial charge in [0.1, 0.15) is 0 Å². The minimum atomic E-state index is -0.183. The molecule has 0 aliphatic carbocycles. The standard InChI is InChI=1S/C16H17N3O/c1-13-7-9-15(10-8-13)17-12-16(20)19-18-11-14-5-3-2-4-6-14/h2-11,17H,12H2,1H3,(H,19,20)/b18-11+. The number of hydrogen-bond acceptors (Lipinski definition) is 3. The van der Waals surface area contributed by atoms with Gasteiger partial charge in [-0.15, -0.1) is 0 Å². The molecule has 0 bridgehead atoms. The predicted octanol–water partition coefficient (Wildman–Crippen LogP) is 2.56. The Kier molecular flexibility index (Phi) is 4.89. The van der Waals surface area contributed by atoms with Gasteiger partial charge in [0.25, 0.3) is 5.91 Å². The number of benzene rings is 2. The van der Waals surface area contributed by atoms with Crippen molar-refractivity contribution in [1.82, 2.24) is 5.43 Å². The van der Waals surface area contributed by atoms with Gasteiger partial charge in [-0.25, -0.2) is 5.43 Å². The normalized spacial score (nSPS) is 10.4. The molecule has 4 heteroatoms. The van der Waals surface area contributed by atoms with Crippen LogP contribution >= 0.6 is 0 Å². The van der Waals surface area contributed by atoms with Crippen molar-refractivity contribution in [2.75, 3.05) is 11.9 Å². The summed E-state index contributed by atoms with van der Waals surface area (Å²) < 4.78 is 0. The highest BCUT2D eigenvalue weighted by Crippen LogP contribution is 2.07. The van der Waals surface area contributed by atoms with E-state index in [1.54, 1.807) is 6.21 Å². The van der Waals surface area contributed by atoms with Crippen LogP contribution in [-0.4, -0.2) is 18.7 Å². The van der Waals surface area contributed by atoms with Crippen LogP contribution in [0.4, 0.5) is 5.69 Å². The zero-order valence-corrected chi connectivity index (χ0v) is 11.3. The summed E-state index contributed by atoms with van der Waals surface area (Å²) >= 11 is 0. The van der Waals surface area contributed by atoms with Gasteiger partial charge in [-0.3, -0.25) is 4.79 Å². The topological polar surface area (TPSA) is 53.5 Å². The van der Waals surface area contributed by atoms with Crippen LogP contribution in [0.2, 0.25) is 0 Å². The van der Waals surface area contributed by atoms with E-state index >= 15 is 0 Å². The van der Waals surface area contributed by atoms with E-state index in [-0.39, 0.29) is 12.5 Å². The van der Waals surface area contributed by atoms with Gasteiger partial charge in [0.15, 0.2) is 0 Å². The van der Waals surface area contributed by atoms with Crippen molar-refractivity contribution >= 4 is 17.8 Å². The molecule has 0 aliphatic heterocycles. The molecule has 0 fully saturated rings. The summed E-state index contributed by atoms with van der Waals surface area (Å²) in [5, 5.41) is 6.94. The van der Waals surface area contributed by atoms with E-state index in [2.05, 4.69) is 15.8 Å². The maximum absolute atomic E-state index is 11.6. The largest absolute Gasteiger partial charge is 0.376 e. The van der Waals surface area contributed by atoms with Gasteiger partial charge in [0.2, 0.25) is 0 Å². The summed E-state index contributed by atoms with van der Waals surface area (Å²) in [6, 6.07) is 17.5. The molecular formula is C16H17N3O. The van der Waals surface area contributed by atoms with Crippen LogP contribution in [-0.2, 0) is 4.79 Å². The van der Waals surface area contributed by atoms with Gasteiger partial charge < -0.3 is 5.32 Å². The lowest BCUT2D eigenvalue weighted by molar-refractivity contribution is -0.119. The van der Waals surface area contributed by atoms with Crippen molar-refractivity contribution in [3.05, 3.63) is 65.7 Å². The number of hydrogen-bond donors (Lipinski definition) is 2. The number of anilines is 1. The van der Waals surface area contributed by atoms with Gasteiger partial charge in [-0.1, -0.05) is 48.0 Å². The minimum absolute atomic E-state index is 0.183. The second-order valence-electron chi connectivity index (χ2n) is 4.42. The molecule has 1 amide bonds. The Morgan fingerprint density at radius 1 is 1.10 bits per heavy atom. The second-order valence-corrected chi connectivity index (χ2v) is 4.42. The molecule has 0 atom stereocenters. The summed E-state index contributed by atoms with van der Waals surface area (Å²) in [6.45, 7) is 2.21. The van der Waals surface area contributed by atoms with E-state index in [9.17, 15) is 4.79 Å². The molecule has 0 unspecified atom stereocenters. The van der Waals surface area contributed by atoms with E-state index in [1.807, 2.05) is 61.5 Å². The molecule has 102 valence electrons. The Balaban J connectivity index is 1.76. The SMILES string of the molecule is Cc1ccc(NCC(=O)N/N=C/c2ccccc2)cc1. The molecule has 2 aromatic carbocycles. The maximum Gasteiger partial charge on any atom is 0.259 e. The van der Waals surface area contributed by atoms with Crippen molar-refractivity contribution < 1.29 is 4.79 Å².